The van der Waals surface area contributed by atoms with Gasteiger partial charge < -0.3 is 0 Å². The molecule has 0 atom stereocenters. The highest BCUT2D eigenvalue weighted by Crippen LogP contribution is 2.41. The van der Waals surface area contributed by atoms with Gasteiger partial charge in [0.2, 0.25) is 0 Å². The normalized spacial score (nSPS) is 24.1. The lowest BCUT2D eigenvalue weighted by molar-refractivity contribution is -0.115. The van der Waals surface area contributed by atoms with Gasteiger partial charge in [-0.25, -0.2) is 0 Å². The van der Waals surface area contributed by atoms with Crippen molar-refractivity contribution in [3.63, 3.8) is 0 Å². The molecule has 1 nitrogen and oxygen atoms in total. The molecule has 1 aliphatic carbocycles. The fraction of sp³-hybridized carbons (Fsp3) is 0.750. The standard InChI is InChI=1S/C12H19BrO/c1-4-5-6-10(13)9-7-12(2,3)8-11(9)14/h4-8H2,1-3H3. The van der Waals surface area contributed by atoms with Crippen molar-refractivity contribution in [3.8, 4) is 0 Å². The van der Waals surface area contributed by atoms with Crippen LogP contribution in [0.3, 0.4) is 0 Å². The van der Waals surface area contributed by atoms with Gasteiger partial charge in [0.1, 0.15) is 0 Å². The summed E-state index contributed by atoms with van der Waals surface area (Å²) in [5.74, 6) is 0.345. The van der Waals surface area contributed by atoms with Crippen molar-refractivity contribution in [2.75, 3.05) is 0 Å². The molecule has 0 amide bonds. The molecule has 0 aromatic heterocycles. The Labute approximate surface area is 95.1 Å². The van der Waals surface area contributed by atoms with Gasteiger partial charge in [-0.05, 0) is 24.7 Å². The Morgan fingerprint density at radius 3 is 2.50 bits per heavy atom. The zero-order valence-electron chi connectivity index (χ0n) is 9.32. The summed E-state index contributed by atoms with van der Waals surface area (Å²) in [6.45, 7) is 6.50. The molecule has 0 spiro atoms. The molecule has 1 saturated carbocycles. The van der Waals surface area contributed by atoms with Crippen molar-refractivity contribution in [2.24, 2.45) is 5.41 Å². The minimum Gasteiger partial charge on any atom is -0.295 e. The monoisotopic (exact) mass is 258 g/mol. The summed E-state index contributed by atoms with van der Waals surface area (Å²) in [7, 11) is 0. The number of carbonyl (C=O) groups is 1. The minimum absolute atomic E-state index is 0.178. The number of hydrogen-bond acceptors (Lipinski definition) is 1. The fourth-order valence-corrected chi connectivity index (χ4v) is 2.55. The average molecular weight is 259 g/mol. The molecule has 1 aliphatic rings. The maximum atomic E-state index is 11.7. The van der Waals surface area contributed by atoms with Crippen LogP contribution in [0.2, 0.25) is 0 Å². The first-order valence-corrected chi connectivity index (χ1v) is 6.16. The van der Waals surface area contributed by atoms with Gasteiger partial charge >= 0.3 is 0 Å². The Morgan fingerprint density at radius 2 is 2.07 bits per heavy atom. The van der Waals surface area contributed by atoms with Crippen molar-refractivity contribution < 1.29 is 4.79 Å². The van der Waals surface area contributed by atoms with Crippen molar-refractivity contribution in [2.45, 2.75) is 52.9 Å². The van der Waals surface area contributed by atoms with Gasteiger partial charge in [0, 0.05) is 16.5 Å². The van der Waals surface area contributed by atoms with Crippen molar-refractivity contribution in [1.29, 1.82) is 0 Å². The number of hydrogen-bond donors (Lipinski definition) is 0. The molecular weight excluding hydrogens is 240 g/mol. The van der Waals surface area contributed by atoms with Gasteiger partial charge in [-0.2, -0.15) is 0 Å². The molecule has 0 heterocycles. The van der Waals surface area contributed by atoms with Crippen molar-refractivity contribution in [3.05, 3.63) is 10.1 Å². The van der Waals surface area contributed by atoms with Crippen LogP contribution in [0.25, 0.3) is 0 Å². The number of ketones is 1. The maximum absolute atomic E-state index is 11.7. The second-order valence-electron chi connectivity index (χ2n) is 4.93. The van der Waals surface area contributed by atoms with Gasteiger partial charge in [0.25, 0.3) is 0 Å². The van der Waals surface area contributed by atoms with Crippen LogP contribution >= 0.6 is 15.9 Å². The number of rotatable bonds is 3. The largest absolute Gasteiger partial charge is 0.295 e. The van der Waals surface area contributed by atoms with Crippen LogP contribution in [0.5, 0.6) is 0 Å². The number of allylic oxidation sites excluding steroid dienone is 2. The van der Waals surface area contributed by atoms with Gasteiger partial charge in [0.15, 0.2) is 5.78 Å². The number of halogens is 1. The SMILES string of the molecule is CCCCC(Br)=C1CC(C)(C)CC1=O. The quantitative estimate of drug-likeness (QED) is 0.694. The van der Waals surface area contributed by atoms with Crippen molar-refractivity contribution in [1.82, 2.24) is 0 Å². The van der Waals surface area contributed by atoms with E-state index in [1.54, 1.807) is 0 Å². The summed E-state index contributed by atoms with van der Waals surface area (Å²) in [6, 6.07) is 0. The lowest BCUT2D eigenvalue weighted by atomic mass is 9.91. The van der Waals surface area contributed by atoms with Gasteiger partial charge in [-0.1, -0.05) is 43.1 Å². The van der Waals surface area contributed by atoms with E-state index in [9.17, 15) is 4.79 Å². The fourth-order valence-electron chi connectivity index (χ4n) is 1.91. The maximum Gasteiger partial charge on any atom is 0.160 e. The van der Waals surface area contributed by atoms with E-state index in [0.29, 0.717) is 12.2 Å². The number of carbonyl (C=O) groups excluding carboxylic acids is 1. The predicted octanol–water partition coefficient (Wildman–Crippen LogP) is 4.21. The Hall–Kier alpha value is -0.110. The summed E-state index contributed by atoms with van der Waals surface area (Å²) in [5.41, 5.74) is 1.22. The lowest BCUT2D eigenvalue weighted by Crippen LogP contribution is -2.04. The summed E-state index contributed by atoms with van der Waals surface area (Å²) < 4.78 is 1.15. The molecule has 14 heavy (non-hydrogen) atoms. The van der Waals surface area contributed by atoms with E-state index in [2.05, 4.69) is 36.7 Å². The Bertz CT molecular complexity index is 263. The van der Waals surface area contributed by atoms with Crippen LogP contribution in [0, 0.1) is 5.41 Å². The van der Waals surface area contributed by atoms with Crippen LogP contribution < -0.4 is 0 Å². The van der Waals surface area contributed by atoms with Crippen molar-refractivity contribution >= 4 is 21.7 Å². The second kappa shape index (κ2) is 4.61. The van der Waals surface area contributed by atoms with E-state index in [1.165, 1.54) is 6.42 Å². The first-order valence-electron chi connectivity index (χ1n) is 5.37. The van der Waals surface area contributed by atoms with E-state index < -0.39 is 0 Å². The highest BCUT2D eigenvalue weighted by molar-refractivity contribution is 9.11. The predicted molar refractivity (Wildman–Crippen MR) is 63.5 cm³/mol. The molecular formula is C12H19BrO. The Kier molecular flexibility index (Phi) is 3.94. The molecule has 80 valence electrons. The Morgan fingerprint density at radius 1 is 1.43 bits per heavy atom. The van der Waals surface area contributed by atoms with Gasteiger partial charge in [-0.15, -0.1) is 0 Å². The van der Waals surface area contributed by atoms with Crippen LogP contribution in [-0.4, -0.2) is 5.78 Å². The Balaban J connectivity index is 2.72. The molecule has 0 radical (unpaired) electrons. The van der Waals surface area contributed by atoms with Crippen LogP contribution in [-0.2, 0) is 4.79 Å². The second-order valence-corrected chi connectivity index (χ2v) is 5.89. The van der Waals surface area contributed by atoms with Gasteiger partial charge in [0.05, 0.1) is 0 Å². The first kappa shape index (κ1) is 12.0. The third-order valence-electron chi connectivity index (χ3n) is 2.71. The van der Waals surface area contributed by atoms with E-state index >= 15 is 0 Å². The summed E-state index contributed by atoms with van der Waals surface area (Å²) >= 11 is 3.56. The molecule has 0 unspecified atom stereocenters. The highest BCUT2D eigenvalue weighted by atomic mass is 79.9. The van der Waals surface area contributed by atoms with Gasteiger partial charge in [-0.3, -0.25) is 4.79 Å². The zero-order chi connectivity index (χ0) is 10.8. The van der Waals surface area contributed by atoms with E-state index in [-0.39, 0.29) is 5.41 Å². The minimum atomic E-state index is 0.178. The molecule has 0 saturated heterocycles. The summed E-state index contributed by atoms with van der Waals surface area (Å²) in [4.78, 5) is 11.7. The summed E-state index contributed by atoms with van der Waals surface area (Å²) in [5, 5.41) is 0. The molecule has 0 bridgehead atoms. The zero-order valence-corrected chi connectivity index (χ0v) is 10.9. The van der Waals surface area contributed by atoms with E-state index in [4.69, 9.17) is 0 Å². The topological polar surface area (TPSA) is 17.1 Å². The molecule has 2 heteroatoms. The lowest BCUT2D eigenvalue weighted by Gasteiger charge is -2.13. The third kappa shape index (κ3) is 2.94. The molecule has 0 aliphatic heterocycles. The number of Topliss-reactive ketones (excluding diaryl/α,β-unsaturated/α-hetero) is 1. The highest BCUT2D eigenvalue weighted by Gasteiger charge is 2.34. The van der Waals surface area contributed by atoms with Crippen LogP contribution in [0.1, 0.15) is 52.9 Å². The van der Waals surface area contributed by atoms with Crippen LogP contribution in [0.15, 0.2) is 10.1 Å². The molecule has 0 aromatic rings. The molecule has 1 rings (SSSR count). The van der Waals surface area contributed by atoms with E-state index in [0.717, 1.165) is 29.3 Å². The number of unbranched alkanes of at least 4 members (excludes halogenated alkanes) is 1. The average Bonchev–Trinajstić information content (AvgIpc) is 2.35. The smallest absolute Gasteiger partial charge is 0.160 e. The molecule has 0 aromatic carbocycles. The molecule has 1 fully saturated rings. The first-order chi connectivity index (χ1) is 6.46. The van der Waals surface area contributed by atoms with E-state index in [1.807, 2.05) is 0 Å². The van der Waals surface area contributed by atoms with Crippen LogP contribution in [0.4, 0.5) is 0 Å². The third-order valence-corrected chi connectivity index (χ3v) is 3.58. The molecule has 0 N–H and O–H groups in total. The summed E-state index contributed by atoms with van der Waals surface area (Å²) in [6.07, 6.45) is 5.02.